The lowest BCUT2D eigenvalue weighted by molar-refractivity contribution is -0.137. The number of nitrogens with one attached hydrogen (secondary N) is 3. The van der Waals surface area contributed by atoms with E-state index in [0.29, 0.717) is 18.0 Å². The van der Waals surface area contributed by atoms with Crippen LogP contribution >= 0.6 is 0 Å². The number of hydrogen-bond donors (Lipinski definition) is 3. The summed E-state index contributed by atoms with van der Waals surface area (Å²) in [4.78, 5) is 24.8. The molecule has 0 heterocycles. The van der Waals surface area contributed by atoms with Crippen LogP contribution in [0.1, 0.15) is 29.3 Å². The van der Waals surface area contributed by atoms with Gasteiger partial charge in [0, 0.05) is 28.7 Å². The Morgan fingerprint density at radius 2 is 1.53 bits per heavy atom. The summed E-state index contributed by atoms with van der Waals surface area (Å²) >= 11 is 0. The zero-order valence-electron chi connectivity index (χ0n) is 18.4. The van der Waals surface area contributed by atoms with E-state index in [-0.39, 0.29) is 23.7 Å². The van der Waals surface area contributed by atoms with Crippen molar-refractivity contribution in [2.75, 3.05) is 29.1 Å². The van der Waals surface area contributed by atoms with Gasteiger partial charge in [-0.3, -0.25) is 9.59 Å². The van der Waals surface area contributed by atoms with Gasteiger partial charge in [-0.1, -0.05) is 25.1 Å². The number of amides is 2. The molecule has 6 nitrogen and oxygen atoms in total. The fraction of sp³-hybridized carbons (Fsp3) is 0.200. The molecule has 3 aromatic rings. The maximum absolute atomic E-state index is 12.9. The molecular weight excluding hydrogens is 447 g/mol. The molecule has 0 bridgehead atoms. The molecule has 2 amide bonds. The number of halogens is 3. The van der Waals surface area contributed by atoms with Crippen LogP contribution in [-0.2, 0) is 11.0 Å². The largest absolute Gasteiger partial charge is 0.494 e. The van der Waals surface area contributed by atoms with Crippen LogP contribution in [0.3, 0.4) is 0 Å². The van der Waals surface area contributed by atoms with Crippen molar-refractivity contribution in [3.63, 3.8) is 0 Å². The maximum Gasteiger partial charge on any atom is 0.416 e. The van der Waals surface area contributed by atoms with Gasteiger partial charge < -0.3 is 20.7 Å². The molecule has 9 heteroatoms. The normalized spacial score (nSPS) is 10.9. The minimum Gasteiger partial charge on any atom is -0.494 e. The van der Waals surface area contributed by atoms with Crippen LogP contribution in [0.4, 0.5) is 30.2 Å². The van der Waals surface area contributed by atoms with Crippen molar-refractivity contribution >= 4 is 28.9 Å². The van der Waals surface area contributed by atoms with E-state index < -0.39 is 17.6 Å². The highest BCUT2D eigenvalue weighted by Gasteiger charge is 2.30. The number of rotatable bonds is 9. The average molecular weight is 471 g/mol. The Bertz CT molecular complexity index is 1150. The Hall–Kier alpha value is -4.01. The third-order valence-electron chi connectivity index (χ3n) is 4.62. The van der Waals surface area contributed by atoms with Gasteiger partial charge in [0.05, 0.1) is 18.7 Å². The fourth-order valence-electron chi connectivity index (χ4n) is 3.02. The van der Waals surface area contributed by atoms with E-state index in [1.807, 2.05) is 25.1 Å². The van der Waals surface area contributed by atoms with Gasteiger partial charge in [0.25, 0.3) is 5.91 Å². The van der Waals surface area contributed by atoms with Crippen LogP contribution in [0, 0.1) is 0 Å². The first kappa shape index (κ1) is 24.6. The third kappa shape index (κ3) is 7.26. The summed E-state index contributed by atoms with van der Waals surface area (Å²) in [6.45, 7) is 2.59. The predicted molar refractivity (Wildman–Crippen MR) is 125 cm³/mol. The van der Waals surface area contributed by atoms with Gasteiger partial charge in [0.1, 0.15) is 5.75 Å². The molecule has 3 aromatic carbocycles. The molecule has 0 aliphatic carbocycles. The van der Waals surface area contributed by atoms with Crippen LogP contribution in [0.5, 0.6) is 5.75 Å². The Morgan fingerprint density at radius 3 is 2.26 bits per heavy atom. The number of alkyl halides is 3. The number of benzene rings is 3. The number of anilines is 3. The van der Waals surface area contributed by atoms with Crippen molar-refractivity contribution in [3.05, 3.63) is 83.9 Å². The van der Waals surface area contributed by atoms with Gasteiger partial charge in [-0.05, 0) is 55.0 Å². The molecule has 178 valence electrons. The van der Waals surface area contributed by atoms with Gasteiger partial charge in [0.15, 0.2) is 0 Å². The average Bonchev–Trinajstić information content (AvgIpc) is 2.81. The highest BCUT2D eigenvalue weighted by Crippen LogP contribution is 2.30. The topological polar surface area (TPSA) is 79.5 Å². The fourth-order valence-corrected chi connectivity index (χ4v) is 3.02. The number of carbonyl (C=O) groups excluding carboxylic acids is 2. The van der Waals surface area contributed by atoms with E-state index in [2.05, 4.69) is 16.0 Å². The Labute approximate surface area is 195 Å². The minimum atomic E-state index is -4.51. The highest BCUT2D eigenvalue weighted by atomic mass is 19.4. The lowest BCUT2D eigenvalue weighted by Gasteiger charge is -2.11. The summed E-state index contributed by atoms with van der Waals surface area (Å²) in [5, 5.41) is 8.14. The zero-order chi connectivity index (χ0) is 24.6. The van der Waals surface area contributed by atoms with Crippen LogP contribution < -0.4 is 20.7 Å². The van der Waals surface area contributed by atoms with E-state index in [4.69, 9.17) is 4.74 Å². The third-order valence-corrected chi connectivity index (χ3v) is 4.62. The van der Waals surface area contributed by atoms with Crippen molar-refractivity contribution in [3.8, 4) is 5.75 Å². The summed E-state index contributed by atoms with van der Waals surface area (Å²) in [6.07, 6.45) is -3.63. The van der Waals surface area contributed by atoms with Crippen molar-refractivity contribution in [1.29, 1.82) is 0 Å². The van der Waals surface area contributed by atoms with Crippen molar-refractivity contribution < 1.29 is 27.5 Å². The van der Waals surface area contributed by atoms with Crippen LogP contribution in [0.15, 0.2) is 72.8 Å². The van der Waals surface area contributed by atoms with Crippen LogP contribution in [0.2, 0.25) is 0 Å². The second-order valence-electron chi connectivity index (χ2n) is 7.39. The monoisotopic (exact) mass is 471 g/mol. The first-order valence-electron chi connectivity index (χ1n) is 10.6. The number of hydrogen-bond acceptors (Lipinski definition) is 4. The molecule has 0 saturated heterocycles. The summed E-state index contributed by atoms with van der Waals surface area (Å²) in [7, 11) is 0. The van der Waals surface area contributed by atoms with E-state index in [1.54, 1.807) is 18.2 Å². The first-order chi connectivity index (χ1) is 16.2. The minimum absolute atomic E-state index is 0.0160. The molecule has 0 aliphatic heterocycles. The highest BCUT2D eigenvalue weighted by molar-refractivity contribution is 6.05. The SMILES string of the molecule is CCCOc1cccc(NCC(=O)Nc2cccc(C(=O)Nc3cccc(C(F)(F)F)c3)c2)c1. The molecule has 0 fully saturated rings. The zero-order valence-corrected chi connectivity index (χ0v) is 18.4. The summed E-state index contributed by atoms with van der Waals surface area (Å²) < 4.78 is 44.2. The van der Waals surface area contributed by atoms with Gasteiger partial charge in [-0.25, -0.2) is 0 Å². The molecule has 3 N–H and O–H groups in total. The van der Waals surface area contributed by atoms with E-state index in [1.165, 1.54) is 24.3 Å². The second-order valence-corrected chi connectivity index (χ2v) is 7.39. The molecule has 0 spiro atoms. The molecule has 0 aliphatic rings. The molecule has 0 unspecified atom stereocenters. The standard InChI is InChI=1S/C25H24F3N3O3/c1-2-12-34-22-11-5-8-19(15-22)29-16-23(32)30-20-9-3-6-17(13-20)24(33)31-21-10-4-7-18(14-21)25(26,27)28/h3-11,13-15,29H,2,12,16H2,1H3,(H,30,32)(H,31,33). The first-order valence-corrected chi connectivity index (χ1v) is 10.6. The summed E-state index contributed by atoms with van der Waals surface area (Å²) in [5.41, 5.74) is 0.440. The van der Waals surface area contributed by atoms with Gasteiger partial charge in [-0.2, -0.15) is 13.2 Å². The molecule has 0 radical (unpaired) electrons. The Kier molecular flexibility index (Phi) is 8.13. The predicted octanol–water partition coefficient (Wildman–Crippen LogP) is 5.80. The second kappa shape index (κ2) is 11.2. The maximum atomic E-state index is 12.9. The van der Waals surface area contributed by atoms with Crippen LogP contribution in [0.25, 0.3) is 0 Å². The molecule has 0 atom stereocenters. The molecule has 3 rings (SSSR count). The summed E-state index contributed by atoms with van der Waals surface area (Å²) in [6, 6.07) is 17.7. The number of ether oxygens (including phenoxy) is 1. The van der Waals surface area contributed by atoms with Crippen molar-refractivity contribution in [1.82, 2.24) is 0 Å². The van der Waals surface area contributed by atoms with Gasteiger partial charge in [0.2, 0.25) is 5.91 Å². The molecule has 34 heavy (non-hydrogen) atoms. The smallest absolute Gasteiger partial charge is 0.416 e. The van der Waals surface area contributed by atoms with E-state index >= 15 is 0 Å². The van der Waals surface area contributed by atoms with Crippen LogP contribution in [-0.4, -0.2) is 25.0 Å². The van der Waals surface area contributed by atoms with E-state index in [9.17, 15) is 22.8 Å². The lowest BCUT2D eigenvalue weighted by Crippen LogP contribution is -2.22. The van der Waals surface area contributed by atoms with Gasteiger partial charge in [-0.15, -0.1) is 0 Å². The Balaban J connectivity index is 1.58. The number of carbonyl (C=O) groups is 2. The Morgan fingerprint density at radius 1 is 0.853 bits per heavy atom. The van der Waals surface area contributed by atoms with Gasteiger partial charge >= 0.3 is 6.18 Å². The van der Waals surface area contributed by atoms with E-state index in [0.717, 1.165) is 24.2 Å². The lowest BCUT2D eigenvalue weighted by atomic mass is 10.1. The quantitative estimate of drug-likeness (QED) is 0.369. The molecule has 0 saturated carbocycles. The molecule has 0 aromatic heterocycles. The van der Waals surface area contributed by atoms with Crippen molar-refractivity contribution in [2.45, 2.75) is 19.5 Å². The summed E-state index contributed by atoms with van der Waals surface area (Å²) in [5.74, 6) is -0.237. The van der Waals surface area contributed by atoms with Crippen molar-refractivity contribution in [2.24, 2.45) is 0 Å². The molecular formula is C25H24F3N3O3.